The van der Waals surface area contributed by atoms with Crippen LogP contribution in [0.2, 0.25) is 0 Å². The first-order valence-electron chi connectivity index (χ1n) is 29.8. The predicted octanol–water partition coefficient (Wildman–Crippen LogP) is 3.62. The zero-order valence-electron chi connectivity index (χ0n) is 49.0. The van der Waals surface area contributed by atoms with Gasteiger partial charge in [0.1, 0.15) is 18.1 Å². The van der Waals surface area contributed by atoms with Crippen LogP contribution in [0.4, 0.5) is 0 Å². The molecular weight excluding hydrogens is 1160 g/mol. The summed E-state index contributed by atoms with van der Waals surface area (Å²) >= 11 is 0. The van der Waals surface area contributed by atoms with Crippen LogP contribution in [-0.4, -0.2) is 169 Å². The molecule has 6 atom stereocenters. The standard InChI is InChI=1S/C67H60N14O10/c1-35(82)72-36-27-52(80(32-36)56(85)31-71-67(91)59-43-18-6-12-24-49(43)77-60-44-19-7-13-25-50(44)78-61(59)60)63(87)74-38-28-53(81(34-38)55(84)30-70-66(90)58-41-16-4-10-22-47(41)76-48-23-11-5-17-42(48)58)64(88)73-37-26-51(62(68)86)79(33-37)54(83)29-69-65(89)57-39-14-2-8-20-45(39)75-46-21-9-3-15-40(46)57/h2-25,36-38,51-53,78H,26-34H2,1H3,(H2,68,86)(H,69,89)(H,70,90)(H,71,91)(H,72,82)(H,73,88)(H,74,87). The number of hydrogen-bond acceptors (Lipinski definition) is 13. The lowest BCUT2D eigenvalue weighted by Gasteiger charge is -2.26. The first-order chi connectivity index (χ1) is 44.1. The molecule has 458 valence electrons. The molecule has 3 fully saturated rings. The van der Waals surface area contributed by atoms with Gasteiger partial charge in [0.15, 0.2) is 0 Å². The zero-order valence-corrected chi connectivity index (χ0v) is 49.0. The second-order valence-corrected chi connectivity index (χ2v) is 23.1. The number of likely N-dealkylation sites (tertiary alicyclic amines) is 3. The molecular formula is C67H60N14O10. The van der Waals surface area contributed by atoms with Gasteiger partial charge in [0.05, 0.1) is 74.9 Å². The lowest BCUT2D eigenvalue weighted by molar-refractivity contribution is -0.138. The van der Waals surface area contributed by atoms with Crippen molar-refractivity contribution in [2.45, 2.75) is 62.4 Å². The maximum Gasteiger partial charge on any atom is 0.254 e. The van der Waals surface area contributed by atoms with E-state index < -0.39 is 115 Å². The van der Waals surface area contributed by atoms with Crippen molar-refractivity contribution in [3.8, 4) is 0 Å². The molecule has 13 rings (SSSR count). The Kier molecular flexibility index (Phi) is 15.6. The van der Waals surface area contributed by atoms with Gasteiger partial charge in [-0.15, -0.1) is 0 Å². The summed E-state index contributed by atoms with van der Waals surface area (Å²) in [5.41, 5.74) is 11.4. The second kappa shape index (κ2) is 24.3. The number of H-pyrrole nitrogens is 1. The normalized spacial score (nSPS) is 18.9. The molecule has 6 unspecified atom stereocenters. The first kappa shape index (κ1) is 58.6. The second-order valence-electron chi connectivity index (χ2n) is 23.1. The quantitative estimate of drug-likeness (QED) is 0.0681. The van der Waals surface area contributed by atoms with Crippen molar-refractivity contribution in [2.24, 2.45) is 5.73 Å². The number of benzene rings is 6. The molecule has 7 heterocycles. The molecule has 10 amide bonds. The number of para-hydroxylation sites is 6. The summed E-state index contributed by atoms with van der Waals surface area (Å²) in [6.07, 6.45) is -0.290. The number of pyridine rings is 3. The van der Waals surface area contributed by atoms with E-state index in [0.717, 1.165) is 10.9 Å². The van der Waals surface area contributed by atoms with Crippen LogP contribution in [-0.2, 0) is 33.6 Å². The maximum atomic E-state index is 14.8. The maximum absolute atomic E-state index is 14.8. The molecule has 0 spiro atoms. The lowest BCUT2D eigenvalue weighted by Crippen LogP contribution is -2.52. The van der Waals surface area contributed by atoms with Crippen LogP contribution in [0.15, 0.2) is 146 Å². The minimum atomic E-state index is -1.30. The van der Waals surface area contributed by atoms with Gasteiger partial charge in [0, 0.05) is 82.5 Å². The number of hydrogen-bond donors (Lipinski definition) is 8. The Balaban J connectivity index is 0.725. The number of carbonyl (C=O) groups is 10. The van der Waals surface area contributed by atoms with Crippen LogP contribution in [0.1, 0.15) is 57.3 Å². The van der Waals surface area contributed by atoms with Crippen molar-refractivity contribution in [3.05, 3.63) is 162 Å². The Labute approximate surface area is 517 Å². The van der Waals surface area contributed by atoms with Gasteiger partial charge in [-0.05, 0) is 55.7 Å². The van der Waals surface area contributed by atoms with Gasteiger partial charge in [-0.25, -0.2) is 15.0 Å². The highest BCUT2D eigenvalue weighted by Gasteiger charge is 2.46. The van der Waals surface area contributed by atoms with Crippen LogP contribution < -0.4 is 37.6 Å². The number of nitrogens with two attached hydrogens (primary N) is 1. The molecule has 0 saturated carbocycles. The number of aromatic nitrogens is 4. The summed E-state index contributed by atoms with van der Waals surface area (Å²) < 4.78 is 0. The number of aromatic amines is 1. The van der Waals surface area contributed by atoms with Crippen molar-refractivity contribution >= 4 is 136 Å². The van der Waals surface area contributed by atoms with Gasteiger partial charge < -0.3 is 57.3 Å². The fraction of sp³-hybridized carbons (Fsp3) is 0.239. The highest BCUT2D eigenvalue weighted by molar-refractivity contribution is 6.21. The molecule has 3 saturated heterocycles. The summed E-state index contributed by atoms with van der Waals surface area (Å²) in [6, 6.07) is 36.9. The molecule has 10 aromatic rings. The molecule has 0 bridgehead atoms. The van der Waals surface area contributed by atoms with Crippen LogP contribution in [0, 0.1) is 0 Å². The van der Waals surface area contributed by atoms with Gasteiger partial charge in [-0.3, -0.25) is 47.9 Å². The SMILES string of the molecule is CC(=O)NC1CC(C(=O)NC2CC(C(=O)NC3CC(C(N)=O)N(C(=O)CNC(=O)c4c5ccccc5nc5ccccc45)C3)N(C(=O)CNC(=O)c3c4ccccc4nc4ccccc34)C2)N(C(=O)CNC(=O)c2c3ccccc3nc3c2[nH]c2ccccc23)C1. The first-order valence-corrected chi connectivity index (χ1v) is 29.8. The largest absolute Gasteiger partial charge is 0.368 e. The molecule has 0 aliphatic carbocycles. The summed E-state index contributed by atoms with van der Waals surface area (Å²) in [5, 5.41) is 20.5. The summed E-state index contributed by atoms with van der Waals surface area (Å²) in [6.45, 7) is -0.865. The van der Waals surface area contributed by atoms with Crippen molar-refractivity contribution in [3.63, 3.8) is 0 Å². The number of rotatable bonds is 15. The minimum Gasteiger partial charge on any atom is -0.368 e. The van der Waals surface area contributed by atoms with Crippen LogP contribution in [0.25, 0.3) is 76.5 Å². The van der Waals surface area contributed by atoms with Crippen molar-refractivity contribution in [1.82, 2.24) is 66.5 Å². The van der Waals surface area contributed by atoms with Crippen molar-refractivity contribution in [2.75, 3.05) is 39.3 Å². The van der Waals surface area contributed by atoms with E-state index in [-0.39, 0.29) is 50.0 Å². The molecule has 24 heteroatoms. The molecule has 0 radical (unpaired) electrons. The topological polar surface area (TPSA) is 333 Å². The highest BCUT2D eigenvalue weighted by Crippen LogP contribution is 2.33. The van der Waals surface area contributed by atoms with Crippen LogP contribution in [0.5, 0.6) is 0 Å². The van der Waals surface area contributed by atoms with E-state index in [1.165, 1.54) is 21.6 Å². The molecule has 3 aliphatic rings. The van der Waals surface area contributed by atoms with Gasteiger partial charge in [-0.2, -0.15) is 0 Å². The average Bonchev–Trinajstić information content (AvgIpc) is 1.75. The monoisotopic (exact) mass is 1220 g/mol. The molecule has 4 aromatic heterocycles. The highest BCUT2D eigenvalue weighted by atomic mass is 16.2. The number of primary amides is 1. The minimum absolute atomic E-state index is 0.0153. The smallest absolute Gasteiger partial charge is 0.254 e. The third-order valence-corrected chi connectivity index (χ3v) is 17.3. The summed E-state index contributed by atoms with van der Waals surface area (Å²) in [4.78, 5) is 162. The predicted molar refractivity (Wildman–Crippen MR) is 338 cm³/mol. The van der Waals surface area contributed by atoms with Crippen molar-refractivity contribution < 1.29 is 47.9 Å². The van der Waals surface area contributed by atoms with Gasteiger partial charge in [-0.1, -0.05) is 109 Å². The van der Waals surface area contributed by atoms with E-state index in [2.05, 4.69) is 41.9 Å². The van der Waals surface area contributed by atoms with E-state index >= 15 is 0 Å². The Morgan fingerprint density at radius 1 is 0.429 bits per heavy atom. The number of amides is 10. The molecule has 24 nitrogen and oxygen atoms in total. The van der Waals surface area contributed by atoms with E-state index in [4.69, 9.17) is 15.7 Å². The molecule has 3 aliphatic heterocycles. The Morgan fingerprint density at radius 3 is 1.16 bits per heavy atom. The molecule has 6 aromatic carbocycles. The third kappa shape index (κ3) is 11.3. The fourth-order valence-corrected chi connectivity index (χ4v) is 13.2. The van der Waals surface area contributed by atoms with Gasteiger partial charge >= 0.3 is 0 Å². The summed E-state index contributed by atoms with van der Waals surface area (Å²) in [5.74, 6) is -6.32. The number of fused-ring (bicyclic) bond motifs is 8. The third-order valence-electron chi connectivity index (χ3n) is 17.3. The number of nitrogens with one attached hydrogen (secondary N) is 7. The van der Waals surface area contributed by atoms with Crippen molar-refractivity contribution in [1.29, 1.82) is 0 Å². The molecule has 9 N–H and O–H groups in total. The number of carbonyl (C=O) groups excluding carboxylic acids is 10. The number of nitrogens with zero attached hydrogens (tertiary/aromatic N) is 6. The summed E-state index contributed by atoms with van der Waals surface area (Å²) in [7, 11) is 0. The fourth-order valence-electron chi connectivity index (χ4n) is 13.2. The average molecular weight is 1220 g/mol. The van der Waals surface area contributed by atoms with Crippen LogP contribution >= 0.6 is 0 Å². The lowest BCUT2D eigenvalue weighted by atomic mass is 10.0. The van der Waals surface area contributed by atoms with Gasteiger partial charge in [0.25, 0.3) is 17.7 Å². The van der Waals surface area contributed by atoms with E-state index in [9.17, 15) is 47.9 Å². The Morgan fingerprint density at radius 2 is 0.758 bits per heavy atom. The van der Waals surface area contributed by atoms with E-state index in [1.807, 2.05) is 30.3 Å². The Hall–Kier alpha value is -11.4. The van der Waals surface area contributed by atoms with E-state index in [0.29, 0.717) is 71.1 Å². The molecule has 91 heavy (non-hydrogen) atoms. The van der Waals surface area contributed by atoms with E-state index in [1.54, 1.807) is 115 Å². The van der Waals surface area contributed by atoms with Gasteiger partial charge in [0.2, 0.25) is 41.4 Å². The van der Waals surface area contributed by atoms with Crippen LogP contribution in [0.3, 0.4) is 0 Å². The Bertz CT molecular complexity index is 4620. The zero-order chi connectivity index (χ0) is 63.2.